The second-order valence-electron chi connectivity index (χ2n) is 1.67. The second-order valence-corrected chi connectivity index (χ2v) is 1.67. The molecule has 2 atom stereocenters. The zero-order valence-corrected chi connectivity index (χ0v) is 8.24. The molecule has 0 aliphatic carbocycles. The van der Waals surface area contributed by atoms with Crippen molar-refractivity contribution in [1.82, 2.24) is 0 Å². The number of hydrogen-bond donors (Lipinski definition) is 2. The number of methoxy groups -OCH3 is 2. The fourth-order valence-electron chi connectivity index (χ4n) is 0. The van der Waals surface area contributed by atoms with Crippen molar-refractivity contribution in [1.29, 1.82) is 0 Å². The summed E-state index contributed by atoms with van der Waals surface area (Å²) in [6.07, 6.45) is -1.23. The van der Waals surface area contributed by atoms with E-state index < -0.39 is 12.6 Å². The standard InChI is InChI=1S/2C3H8O2.Co/c2*1-3(4)5-2;/h2*3-4H,1-2H3;. The largest absolute Gasteiger partial charge is 0.368 e. The van der Waals surface area contributed by atoms with Crippen LogP contribution in [0, 0.1) is 0 Å². The molecule has 0 bridgehead atoms. The van der Waals surface area contributed by atoms with Crippen molar-refractivity contribution >= 4 is 0 Å². The van der Waals surface area contributed by atoms with Gasteiger partial charge < -0.3 is 19.7 Å². The third-order valence-corrected chi connectivity index (χ3v) is 0.682. The number of rotatable bonds is 2. The molecule has 0 saturated carbocycles. The van der Waals surface area contributed by atoms with E-state index in [4.69, 9.17) is 10.2 Å². The molecule has 4 nitrogen and oxygen atoms in total. The van der Waals surface area contributed by atoms with Gasteiger partial charge in [0.05, 0.1) is 0 Å². The zero-order chi connectivity index (χ0) is 8.57. The second kappa shape index (κ2) is 13.0. The molecule has 0 fully saturated rings. The van der Waals surface area contributed by atoms with Crippen LogP contribution in [-0.2, 0) is 26.3 Å². The van der Waals surface area contributed by atoms with Crippen molar-refractivity contribution < 1.29 is 36.5 Å². The van der Waals surface area contributed by atoms with Crippen molar-refractivity contribution in [3.8, 4) is 0 Å². The third kappa shape index (κ3) is 38.2. The molecule has 0 heterocycles. The summed E-state index contributed by atoms with van der Waals surface area (Å²) < 4.78 is 8.61. The first-order valence-electron chi connectivity index (χ1n) is 2.96. The summed E-state index contributed by atoms with van der Waals surface area (Å²) in [5.74, 6) is 0. The SMILES string of the molecule is COC(C)O.COC(C)O.[Co]. The minimum Gasteiger partial charge on any atom is -0.368 e. The molecule has 0 rings (SSSR count). The van der Waals surface area contributed by atoms with Crippen LogP contribution in [0.2, 0.25) is 0 Å². The molecular weight excluding hydrogens is 195 g/mol. The molecule has 73 valence electrons. The smallest absolute Gasteiger partial charge is 0.151 e. The normalized spacial score (nSPS) is 13.6. The van der Waals surface area contributed by atoms with Crippen LogP contribution < -0.4 is 0 Å². The van der Waals surface area contributed by atoms with Crippen molar-refractivity contribution in [3.63, 3.8) is 0 Å². The summed E-state index contributed by atoms with van der Waals surface area (Å²) in [4.78, 5) is 0. The topological polar surface area (TPSA) is 58.9 Å². The monoisotopic (exact) mass is 211 g/mol. The summed E-state index contributed by atoms with van der Waals surface area (Å²) in [6.45, 7) is 3.11. The minimum absolute atomic E-state index is 0. The molecule has 0 aliphatic rings. The van der Waals surface area contributed by atoms with Crippen LogP contribution in [-0.4, -0.2) is 37.0 Å². The van der Waals surface area contributed by atoms with Gasteiger partial charge in [0.2, 0.25) is 0 Å². The van der Waals surface area contributed by atoms with Crippen molar-refractivity contribution in [2.24, 2.45) is 0 Å². The zero-order valence-electron chi connectivity index (χ0n) is 7.20. The fraction of sp³-hybridized carbons (Fsp3) is 1.00. The van der Waals surface area contributed by atoms with Gasteiger partial charge in [0, 0.05) is 31.0 Å². The molecule has 0 aromatic rings. The van der Waals surface area contributed by atoms with E-state index in [0.29, 0.717) is 0 Å². The summed E-state index contributed by atoms with van der Waals surface area (Å²) >= 11 is 0. The van der Waals surface area contributed by atoms with Gasteiger partial charge in [-0.3, -0.25) is 0 Å². The van der Waals surface area contributed by atoms with E-state index in [-0.39, 0.29) is 16.8 Å². The summed E-state index contributed by atoms with van der Waals surface area (Å²) in [6, 6.07) is 0. The molecule has 0 spiro atoms. The Morgan fingerprint density at radius 2 is 1.00 bits per heavy atom. The average molecular weight is 211 g/mol. The molecule has 1 radical (unpaired) electrons. The van der Waals surface area contributed by atoms with E-state index in [1.54, 1.807) is 13.8 Å². The molecule has 0 aliphatic heterocycles. The number of ether oxygens (including phenoxy) is 2. The van der Waals surface area contributed by atoms with Crippen LogP contribution in [0.5, 0.6) is 0 Å². The number of aliphatic hydroxyl groups excluding tert-OH is 2. The Bertz CT molecular complexity index is 50.5. The Balaban J connectivity index is -0.000000107. The maximum Gasteiger partial charge on any atom is 0.151 e. The van der Waals surface area contributed by atoms with E-state index in [1.807, 2.05) is 0 Å². The predicted molar refractivity (Wildman–Crippen MR) is 37.4 cm³/mol. The van der Waals surface area contributed by atoms with Gasteiger partial charge in [-0.1, -0.05) is 0 Å². The van der Waals surface area contributed by atoms with Crippen molar-refractivity contribution in [3.05, 3.63) is 0 Å². The first-order chi connectivity index (χ1) is 4.54. The molecule has 11 heavy (non-hydrogen) atoms. The molecular formula is C6H16CoO4. The number of aliphatic hydroxyl groups is 2. The number of hydrogen-bond acceptors (Lipinski definition) is 4. The minimum atomic E-state index is -0.616. The van der Waals surface area contributed by atoms with E-state index >= 15 is 0 Å². The van der Waals surface area contributed by atoms with Gasteiger partial charge in [-0.15, -0.1) is 0 Å². The quantitative estimate of drug-likeness (QED) is 0.628. The third-order valence-electron chi connectivity index (χ3n) is 0.682. The van der Waals surface area contributed by atoms with Gasteiger partial charge in [0.25, 0.3) is 0 Å². The van der Waals surface area contributed by atoms with Gasteiger partial charge in [0.1, 0.15) is 0 Å². The van der Waals surface area contributed by atoms with Crippen LogP contribution in [0.15, 0.2) is 0 Å². The molecule has 2 unspecified atom stereocenters. The maximum atomic E-state index is 8.14. The molecule has 0 saturated heterocycles. The van der Waals surface area contributed by atoms with Crippen molar-refractivity contribution in [2.75, 3.05) is 14.2 Å². The molecule has 0 aromatic carbocycles. The first kappa shape index (κ1) is 17.4. The molecule has 2 N–H and O–H groups in total. The Labute approximate surface area is 77.7 Å². The maximum absolute atomic E-state index is 8.14. The van der Waals surface area contributed by atoms with Crippen LogP contribution in [0.1, 0.15) is 13.8 Å². The van der Waals surface area contributed by atoms with E-state index in [0.717, 1.165) is 0 Å². The summed E-state index contributed by atoms with van der Waals surface area (Å²) in [5, 5.41) is 16.3. The Kier molecular flexibility index (Phi) is 20.6. The Hall–Kier alpha value is 0.346. The van der Waals surface area contributed by atoms with E-state index in [9.17, 15) is 0 Å². The van der Waals surface area contributed by atoms with Crippen LogP contribution in [0.3, 0.4) is 0 Å². The first-order valence-corrected chi connectivity index (χ1v) is 2.96. The Morgan fingerprint density at radius 1 is 0.909 bits per heavy atom. The predicted octanol–water partition coefficient (Wildman–Crippen LogP) is -0.0603. The van der Waals surface area contributed by atoms with Gasteiger partial charge in [-0.25, -0.2) is 0 Å². The van der Waals surface area contributed by atoms with Crippen molar-refractivity contribution in [2.45, 2.75) is 26.4 Å². The molecule has 0 amide bonds. The van der Waals surface area contributed by atoms with Gasteiger partial charge in [0.15, 0.2) is 12.6 Å². The van der Waals surface area contributed by atoms with Crippen LogP contribution >= 0.6 is 0 Å². The Morgan fingerprint density at radius 3 is 1.00 bits per heavy atom. The van der Waals surface area contributed by atoms with Gasteiger partial charge in [-0.05, 0) is 13.8 Å². The van der Waals surface area contributed by atoms with Crippen LogP contribution in [0.4, 0.5) is 0 Å². The fourth-order valence-corrected chi connectivity index (χ4v) is 0. The molecule has 0 aromatic heterocycles. The van der Waals surface area contributed by atoms with E-state index in [1.165, 1.54) is 14.2 Å². The summed E-state index contributed by atoms with van der Waals surface area (Å²) in [5.41, 5.74) is 0. The van der Waals surface area contributed by atoms with Crippen LogP contribution in [0.25, 0.3) is 0 Å². The van der Waals surface area contributed by atoms with Gasteiger partial charge in [-0.2, -0.15) is 0 Å². The molecule has 5 heteroatoms. The summed E-state index contributed by atoms with van der Waals surface area (Å²) in [7, 11) is 2.90. The van der Waals surface area contributed by atoms with E-state index in [2.05, 4.69) is 9.47 Å². The van der Waals surface area contributed by atoms with Gasteiger partial charge >= 0.3 is 0 Å². The average Bonchev–Trinajstić information content (AvgIpc) is 1.89.